The first-order valence-corrected chi connectivity index (χ1v) is 9.55. The molecule has 3 heterocycles. The summed E-state index contributed by atoms with van der Waals surface area (Å²) in [5, 5.41) is 3.54. The molecule has 0 saturated carbocycles. The van der Waals surface area contributed by atoms with Gasteiger partial charge in [0.05, 0.1) is 25.9 Å². The van der Waals surface area contributed by atoms with E-state index in [-0.39, 0.29) is 6.04 Å². The first kappa shape index (κ1) is 19.2. The molecule has 0 aliphatic carbocycles. The lowest BCUT2D eigenvalue weighted by atomic mass is 10.1. The second-order valence-corrected chi connectivity index (χ2v) is 7.15. The smallest absolute Gasteiger partial charge is 0.193 e. The summed E-state index contributed by atoms with van der Waals surface area (Å²) in [6, 6.07) is 4.29. The van der Waals surface area contributed by atoms with E-state index >= 15 is 0 Å². The maximum atomic E-state index is 5.94. The highest BCUT2D eigenvalue weighted by Gasteiger charge is 2.26. The first-order chi connectivity index (χ1) is 12.7. The Balaban J connectivity index is 1.61. The van der Waals surface area contributed by atoms with Crippen LogP contribution in [0, 0.1) is 12.8 Å². The van der Waals surface area contributed by atoms with E-state index in [9.17, 15) is 0 Å². The van der Waals surface area contributed by atoms with E-state index in [1.54, 1.807) is 0 Å². The van der Waals surface area contributed by atoms with Gasteiger partial charge in [-0.3, -0.25) is 9.89 Å². The van der Waals surface area contributed by atoms with Gasteiger partial charge in [-0.25, -0.2) is 0 Å². The molecule has 2 aliphatic heterocycles. The third-order valence-corrected chi connectivity index (χ3v) is 5.16. The van der Waals surface area contributed by atoms with Gasteiger partial charge in [0.15, 0.2) is 5.96 Å². The van der Waals surface area contributed by atoms with Gasteiger partial charge in [-0.1, -0.05) is 0 Å². The van der Waals surface area contributed by atoms with Crippen molar-refractivity contribution in [1.82, 2.24) is 15.1 Å². The molecular formula is C19H32N4O3. The second kappa shape index (κ2) is 9.39. The molecule has 0 amide bonds. The van der Waals surface area contributed by atoms with Gasteiger partial charge < -0.3 is 24.1 Å². The molecule has 1 aromatic rings. The Labute approximate surface area is 156 Å². The minimum atomic E-state index is 0.174. The van der Waals surface area contributed by atoms with Crippen LogP contribution < -0.4 is 5.32 Å². The summed E-state index contributed by atoms with van der Waals surface area (Å²) < 4.78 is 16.9. The number of nitrogens with one attached hydrogen (secondary N) is 1. The topological polar surface area (TPSA) is 62.5 Å². The molecule has 2 aliphatic rings. The monoisotopic (exact) mass is 364 g/mol. The zero-order valence-corrected chi connectivity index (χ0v) is 16.2. The standard InChI is InChI=1S/C19H32N4O3/c1-15-4-5-18(26-15)17(23-7-10-24-11-8-23)12-21-19(20-2)22(3)13-16-6-9-25-14-16/h4-5,16-17H,6-14H2,1-3H3,(H,20,21). The number of hydrogen-bond donors (Lipinski definition) is 1. The summed E-state index contributed by atoms with van der Waals surface area (Å²) in [6.45, 7) is 8.81. The zero-order valence-electron chi connectivity index (χ0n) is 16.2. The Hall–Kier alpha value is -1.57. The highest BCUT2D eigenvalue weighted by Crippen LogP contribution is 2.23. The normalized spacial score (nSPS) is 23.2. The summed E-state index contributed by atoms with van der Waals surface area (Å²) in [7, 11) is 3.93. The first-order valence-electron chi connectivity index (χ1n) is 9.55. The van der Waals surface area contributed by atoms with Crippen molar-refractivity contribution in [2.45, 2.75) is 19.4 Å². The summed E-state index contributed by atoms with van der Waals surface area (Å²) in [5.41, 5.74) is 0. The molecule has 2 saturated heterocycles. The predicted octanol–water partition coefficient (Wildman–Crippen LogP) is 1.51. The van der Waals surface area contributed by atoms with Gasteiger partial charge in [0.2, 0.25) is 0 Å². The lowest BCUT2D eigenvalue weighted by Gasteiger charge is -2.34. The van der Waals surface area contributed by atoms with Crippen molar-refractivity contribution in [3.8, 4) is 0 Å². The lowest BCUT2D eigenvalue weighted by Crippen LogP contribution is -2.47. The third-order valence-electron chi connectivity index (χ3n) is 5.16. The Morgan fingerprint density at radius 1 is 1.31 bits per heavy atom. The Kier molecular flexibility index (Phi) is 6.93. The van der Waals surface area contributed by atoms with Crippen molar-refractivity contribution in [2.75, 3.05) is 66.7 Å². The number of morpholine rings is 1. The molecule has 1 aromatic heterocycles. The SMILES string of the molecule is CN=C(NCC(c1ccc(C)o1)N1CCOCC1)N(C)CC1CCOC1. The molecule has 26 heavy (non-hydrogen) atoms. The van der Waals surface area contributed by atoms with Crippen LogP contribution >= 0.6 is 0 Å². The summed E-state index contributed by atoms with van der Waals surface area (Å²) in [5.74, 6) is 3.44. The van der Waals surface area contributed by atoms with Crippen LogP contribution in [0.2, 0.25) is 0 Å². The number of aliphatic imine (C=N–C) groups is 1. The van der Waals surface area contributed by atoms with Gasteiger partial charge >= 0.3 is 0 Å². The highest BCUT2D eigenvalue weighted by molar-refractivity contribution is 5.79. The van der Waals surface area contributed by atoms with Crippen molar-refractivity contribution in [3.63, 3.8) is 0 Å². The van der Waals surface area contributed by atoms with Gasteiger partial charge in [-0.05, 0) is 25.5 Å². The van der Waals surface area contributed by atoms with Crippen LogP contribution in [-0.4, -0.2) is 82.5 Å². The minimum absolute atomic E-state index is 0.174. The number of hydrogen-bond acceptors (Lipinski definition) is 5. The van der Waals surface area contributed by atoms with E-state index in [0.717, 1.165) is 76.5 Å². The fourth-order valence-corrected chi connectivity index (χ4v) is 3.71. The maximum Gasteiger partial charge on any atom is 0.193 e. The van der Waals surface area contributed by atoms with E-state index in [0.29, 0.717) is 5.92 Å². The zero-order chi connectivity index (χ0) is 18.4. The van der Waals surface area contributed by atoms with Crippen LogP contribution in [-0.2, 0) is 9.47 Å². The molecule has 7 heteroatoms. The molecule has 7 nitrogen and oxygen atoms in total. The predicted molar refractivity (Wildman–Crippen MR) is 101 cm³/mol. The van der Waals surface area contributed by atoms with Crippen LogP contribution in [0.5, 0.6) is 0 Å². The van der Waals surface area contributed by atoms with E-state index < -0.39 is 0 Å². The Bertz CT molecular complexity index is 577. The lowest BCUT2D eigenvalue weighted by molar-refractivity contribution is 0.0123. The van der Waals surface area contributed by atoms with Gasteiger partial charge in [0, 0.05) is 52.8 Å². The number of aryl methyl sites for hydroxylation is 1. The van der Waals surface area contributed by atoms with E-state index in [4.69, 9.17) is 13.9 Å². The van der Waals surface area contributed by atoms with Crippen molar-refractivity contribution in [2.24, 2.45) is 10.9 Å². The van der Waals surface area contributed by atoms with Crippen molar-refractivity contribution in [3.05, 3.63) is 23.7 Å². The van der Waals surface area contributed by atoms with Crippen LogP contribution in [0.25, 0.3) is 0 Å². The fraction of sp³-hybridized carbons (Fsp3) is 0.737. The highest BCUT2D eigenvalue weighted by atomic mass is 16.5. The fourth-order valence-electron chi connectivity index (χ4n) is 3.71. The van der Waals surface area contributed by atoms with Gasteiger partial charge in [0.25, 0.3) is 0 Å². The van der Waals surface area contributed by atoms with E-state index in [2.05, 4.69) is 33.2 Å². The maximum absolute atomic E-state index is 5.94. The number of ether oxygens (including phenoxy) is 2. The average Bonchev–Trinajstić information content (AvgIpc) is 3.31. The third kappa shape index (κ3) is 4.99. The Morgan fingerprint density at radius 3 is 2.73 bits per heavy atom. The number of nitrogens with zero attached hydrogens (tertiary/aromatic N) is 3. The van der Waals surface area contributed by atoms with Crippen molar-refractivity contribution < 1.29 is 13.9 Å². The summed E-state index contributed by atoms with van der Waals surface area (Å²) in [4.78, 5) is 9.08. The summed E-state index contributed by atoms with van der Waals surface area (Å²) in [6.07, 6.45) is 1.13. The Morgan fingerprint density at radius 2 is 2.12 bits per heavy atom. The van der Waals surface area contributed by atoms with E-state index in [1.165, 1.54) is 0 Å². The van der Waals surface area contributed by atoms with Gasteiger partial charge in [-0.2, -0.15) is 0 Å². The molecule has 1 N–H and O–H groups in total. The van der Waals surface area contributed by atoms with Crippen LogP contribution in [0.15, 0.2) is 21.5 Å². The van der Waals surface area contributed by atoms with Crippen LogP contribution in [0.1, 0.15) is 24.0 Å². The number of rotatable bonds is 6. The van der Waals surface area contributed by atoms with Crippen molar-refractivity contribution in [1.29, 1.82) is 0 Å². The molecule has 0 bridgehead atoms. The van der Waals surface area contributed by atoms with Gasteiger partial charge in [-0.15, -0.1) is 0 Å². The average molecular weight is 364 g/mol. The van der Waals surface area contributed by atoms with Crippen LogP contribution in [0.4, 0.5) is 0 Å². The minimum Gasteiger partial charge on any atom is -0.465 e. The number of furan rings is 1. The van der Waals surface area contributed by atoms with Crippen molar-refractivity contribution >= 4 is 5.96 Å². The molecule has 2 atom stereocenters. The molecule has 146 valence electrons. The molecule has 3 rings (SSSR count). The summed E-state index contributed by atoms with van der Waals surface area (Å²) >= 11 is 0. The molecule has 2 unspecified atom stereocenters. The largest absolute Gasteiger partial charge is 0.465 e. The molecule has 0 radical (unpaired) electrons. The number of guanidine groups is 1. The molecular weight excluding hydrogens is 332 g/mol. The molecule has 0 aromatic carbocycles. The molecule has 0 spiro atoms. The van der Waals surface area contributed by atoms with Gasteiger partial charge in [0.1, 0.15) is 11.5 Å². The van der Waals surface area contributed by atoms with Crippen LogP contribution in [0.3, 0.4) is 0 Å². The quantitative estimate of drug-likeness (QED) is 0.610. The second-order valence-electron chi connectivity index (χ2n) is 7.15. The molecule has 2 fully saturated rings. The van der Waals surface area contributed by atoms with E-state index in [1.807, 2.05) is 20.0 Å².